The van der Waals surface area contributed by atoms with E-state index in [9.17, 15) is 0 Å². The summed E-state index contributed by atoms with van der Waals surface area (Å²) in [7, 11) is 0. The first-order chi connectivity index (χ1) is 8.67. The topological polar surface area (TPSA) is 26.0 Å². The van der Waals surface area contributed by atoms with Gasteiger partial charge in [-0.15, -0.1) is 0 Å². The zero-order valence-corrected chi connectivity index (χ0v) is 12.1. The number of hydrogen-bond acceptors (Lipinski definition) is 1. The first-order valence-corrected chi connectivity index (χ1v) is 7.54. The SMILES string of the molecule is CCc1ccc(C(N)C2CCCC2C)cc1CC. The van der Waals surface area contributed by atoms with Crippen LogP contribution in [-0.2, 0) is 12.8 Å². The summed E-state index contributed by atoms with van der Waals surface area (Å²) in [5, 5.41) is 0. The minimum Gasteiger partial charge on any atom is -0.324 e. The molecule has 0 aliphatic heterocycles. The van der Waals surface area contributed by atoms with E-state index in [-0.39, 0.29) is 6.04 Å². The van der Waals surface area contributed by atoms with E-state index in [0.29, 0.717) is 5.92 Å². The van der Waals surface area contributed by atoms with Crippen molar-refractivity contribution >= 4 is 0 Å². The van der Waals surface area contributed by atoms with Crippen LogP contribution in [0.4, 0.5) is 0 Å². The Morgan fingerprint density at radius 1 is 1.17 bits per heavy atom. The van der Waals surface area contributed by atoms with Crippen molar-refractivity contribution in [3.63, 3.8) is 0 Å². The van der Waals surface area contributed by atoms with Crippen molar-refractivity contribution in [3.05, 3.63) is 34.9 Å². The Morgan fingerprint density at radius 3 is 2.44 bits per heavy atom. The molecule has 0 heterocycles. The zero-order chi connectivity index (χ0) is 13.1. The van der Waals surface area contributed by atoms with Gasteiger partial charge in [0.15, 0.2) is 0 Å². The summed E-state index contributed by atoms with van der Waals surface area (Å²) < 4.78 is 0. The summed E-state index contributed by atoms with van der Waals surface area (Å²) in [4.78, 5) is 0. The van der Waals surface area contributed by atoms with E-state index in [1.54, 1.807) is 0 Å². The Hall–Kier alpha value is -0.820. The molecule has 0 amide bonds. The maximum Gasteiger partial charge on any atom is 0.0326 e. The van der Waals surface area contributed by atoms with E-state index in [4.69, 9.17) is 5.73 Å². The molecule has 1 aromatic rings. The van der Waals surface area contributed by atoms with Crippen molar-refractivity contribution in [3.8, 4) is 0 Å². The van der Waals surface area contributed by atoms with Gasteiger partial charge in [0.2, 0.25) is 0 Å². The van der Waals surface area contributed by atoms with Crippen molar-refractivity contribution in [2.45, 2.75) is 58.9 Å². The van der Waals surface area contributed by atoms with Crippen molar-refractivity contribution < 1.29 is 0 Å². The summed E-state index contributed by atoms with van der Waals surface area (Å²) in [6, 6.07) is 7.13. The first-order valence-electron chi connectivity index (χ1n) is 7.54. The third-order valence-corrected chi connectivity index (χ3v) is 4.77. The summed E-state index contributed by atoms with van der Waals surface area (Å²) in [5.74, 6) is 1.47. The molecule has 3 atom stereocenters. The second kappa shape index (κ2) is 5.88. The molecule has 1 saturated carbocycles. The van der Waals surface area contributed by atoms with Crippen LogP contribution in [0.5, 0.6) is 0 Å². The molecule has 0 spiro atoms. The predicted molar refractivity (Wildman–Crippen MR) is 78.6 cm³/mol. The molecule has 18 heavy (non-hydrogen) atoms. The largest absolute Gasteiger partial charge is 0.324 e. The molecule has 1 aliphatic carbocycles. The minimum atomic E-state index is 0.235. The molecule has 0 saturated heterocycles. The Kier molecular flexibility index (Phi) is 4.45. The van der Waals surface area contributed by atoms with Gasteiger partial charge in [0.25, 0.3) is 0 Å². The Bertz CT molecular complexity index is 397. The van der Waals surface area contributed by atoms with Crippen molar-refractivity contribution in [2.75, 3.05) is 0 Å². The number of benzene rings is 1. The molecular weight excluding hydrogens is 218 g/mol. The molecule has 3 unspecified atom stereocenters. The van der Waals surface area contributed by atoms with Gasteiger partial charge >= 0.3 is 0 Å². The molecular formula is C17H27N. The van der Waals surface area contributed by atoms with Crippen LogP contribution < -0.4 is 5.73 Å². The number of rotatable bonds is 4. The molecule has 2 rings (SSSR count). The van der Waals surface area contributed by atoms with E-state index in [0.717, 1.165) is 18.8 Å². The molecule has 0 bridgehead atoms. The molecule has 1 aliphatic rings. The van der Waals surface area contributed by atoms with Crippen LogP contribution in [0.1, 0.15) is 62.8 Å². The summed E-state index contributed by atoms with van der Waals surface area (Å²) in [5.41, 5.74) is 10.8. The minimum absolute atomic E-state index is 0.235. The van der Waals surface area contributed by atoms with Crippen LogP contribution in [0.15, 0.2) is 18.2 Å². The average Bonchev–Trinajstić information content (AvgIpc) is 2.83. The lowest BCUT2D eigenvalue weighted by atomic mass is 9.85. The standard InChI is InChI=1S/C17H27N/c1-4-13-9-10-15(11-14(13)5-2)17(18)16-8-6-7-12(16)3/h9-12,16-17H,4-8,18H2,1-3H3. The lowest BCUT2D eigenvalue weighted by Gasteiger charge is -2.24. The fourth-order valence-corrected chi connectivity index (χ4v) is 3.48. The number of hydrogen-bond donors (Lipinski definition) is 1. The van der Waals surface area contributed by atoms with Gasteiger partial charge in [-0.2, -0.15) is 0 Å². The summed E-state index contributed by atoms with van der Waals surface area (Å²) in [6.45, 7) is 6.83. The molecule has 2 N–H and O–H groups in total. The number of aryl methyl sites for hydroxylation is 2. The second-order valence-corrected chi connectivity index (χ2v) is 5.83. The highest BCUT2D eigenvalue weighted by Gasteiger charge is 2.29. The third kappa shape index (κ3) is 2.61. The summed E-state index contributed by atoms with van der Waals surface area (Å²) in [6.07, 6.45) is 6.25. The van der Waals surface area contributed by atoms with E-state index in [2.05, 4.69) is 39.0 Å². The van der Waals surface area contributed by atoms with E-state index in [1.807, 2.05) is 0 Å². The lowest BCUT2D eigenvalue weighted by Crippen LogP contribution is -2.23. The molecule has 0 aromatic heterocycles. The normalized spacial score (nSPS) is 25.3. The van der Waals surface area contributed by atoms with Gasteiger partial charge in [-0.05, 0) is 47.8 Å². The van der Waals surface area contributed by atoms with E-state index < -0.39 is 0 Å². The van der Waals surface area contributed by atoms with Crippen LogP contribution in [0.2, 0.25) is 0 Å². The highest BCUT2D eigenvalue weighted by Crippen LogP contribution is 2.39. The van der Waals surface area contributed by atoms with Gasteiger partial charge in [0.05, 0.1) is 0 Å². The van der Waals surface area contributed by atoms with Gasteiger partial charge in [0, 0.05) is 6.04 Å². The third-order valence-electron chi connectivity index (χ3n) is 4.77. The fourth-order valence-electron chi connectivity index (χ4n) is 3.48. The Balaban J connectivity index is 2.22. The monoisotopic (exact) mass is 245 g/mol. The smallest absolute Gasteiger partial charge is 0.0326 e. The Morgan fingerprint density at radius 2 is 1.89 bits per heavy atom. The quantitative estimate of drug-likeness (QED) is 0.843. The Labute approximate surface area is 112 Å². The predicted octanol–water partition coefficient (Wildman–Crippen LogP) is 4.25. The number of nitrogens with two attached hydrogens (primary N) is 1. The second-order valence-electron chi connectivity index (χ2n) is 5.83. The maximum atomic E-state index is 6.51. The zero-order valence-electron chi connectivity index (χ0n) is 12.1. The molecule has 1 heteroatoms. The van der Waals surface area contributed by atoms with E-state index >= 15 is 0 Å². The fraction of sp³-hybridized carbons (Fsp3) is 0.647. The highest BCUT2D eigenvalue weighted by molar-refractivity contribution is 5.34. The molecule has 0 radical (unpaired) electrons. The van der Waals surface area contributed by atoms with Crippen LogP contribution in [0.3, 0.4) is 0 Å². The maximum absolute atomic E-state index is 6.51. The van der Waals surface area contributed by atoms with Gasteiger partial charge in [-0.25, -0.2) is 0 Å². The molecule has 100 valence electrons. The van der Waals surface area contributed by atoms with Gasteiger partial charge in [-0.1, -0.05) is 51.8 Å². The van der Waals surface area contributed by atoms with Crippen LogP contribution >= 0.6 is 0 Å². The van der Waals surface area contributed by atoms with Crippen LogP contribution in [-0.4, -0.2) is 0 Å². The lowest BCUT2D eigenvalue weighted by molar-refractivity contribution is 0.351. The molecule has 1 nitrogen and oxygen atoms in total. The van der Waals surface area contributed by atoms with Gasteiger partial charge in [-0.3, -0.25) is 0 Å². The molecule has 1 aromatic carbocycles. The van der Waals surface area contributed by atoms with Crippen LogP contribution in [0.25, 0.3) is 0 Å². The van der Waals surface area contributed by atoms with Crippen molar-refractivity contribution in [2.24, 2.45) is 17.6 Å². The van der Waals surface area contributed by atoms with Crippen molar-refractivity contribution in [1.29, 1.82) is 0 Å². The summed E-state index contributed by atoms with van der Waals surface area (Å²) >= 11 is 0. The molecule has 1 fully saturated rings. The van der Waals surface area contributed by atoms with Crippen molar-refractivity contribution in [1.82, 2.24) is 0 Å². The van der Waals surface area contributed by atoms with Crippen LogP contribution in [0, 0.1) is 11.8 Å². The van der Waals surface area contributed by atoms with Gasteiger partial charge in [0.1, 0.15) is 0 Å². The van der Waals surface area contributed by atoms with E-state index in [1.165, 1.54) is 36.0 Å². The highest BCUT2D eigenvalue weighted by atomic mass is 14.7. The average molecular weight is 245 g/mol. The first kappa shape index (κ1) is 13.6. The van der Waals surface area contributed by atoms with Gasteiger partial charge < -0.3 is 5.73 Å².